The van der Waals surface area contributed by atoms with Crippen LogP contribution in [0.2, 0.25) is 0 Å². The van der Waals surface area contributed by atoms with Crippen molar-refractivity contribution in [3.63, 3.8) is 0 Å². The van der Waals surface area contributed by atoms with Crippen LogP contribution in [0.25, 0.3) is 0 Å². The summed E-state index contributed by atoms with van der Waals surface area (Å²) in [7, 11) is 0. The van der Waals surface area contributed by atoms with Gasteiger partial charge in [0, 0.05) is 19.6 Å². The van der Waals surface area contributed by atoms with Crippen molar-refractivity contribution < 1.29 is 14.7 Å². The van der Waals surface area contributed by atoms with Gasteiger partial charge in [-0.2, -0.15) is 0 Å². The molecule has 1 unspecified atom stereocenters. The van der Waals surface area contributed by atoms with E-state index in [0.29, 0.717) is 6.54 Å². The summed E-state index contributed by atoms with van der Waals surface area (Å²) in [6.45, 7) is 5.41. The summed E-state index contributed by atoms with van der Waals surface area (Å²) in [5, 5.41) is 13.9. The van der Waals surface area contributed by atoms with E-state index in [1.165, 1.54) is 12.8 Å². The minimum atomic E-state index is -0.901. The number of carbonyl (C=O) groups is 2. The molecule has 0 aliphatic carbocycles. The Labute approximate surface area is 101 Å². The lowest BCUT2D eigenvalue weighted by atomic mass is 10.2. The lowest BCUT2D eigenvalue weighted by molar-refractivity contribution is -0.140. The molecular formula is C11H21N3O3. The van der Waals surface area contributed by atoms with Gasteiger partial charge in [0.25, 0.3) is 0 Å². The van der Waals surface area contributed by atoms with Gasteiger partial charge in [0.05, 0.1) is 5.92 Å². The van der Waals surface area contributed by atoms with Gasteiger partial charge in [0.1, 0.15) is 0 Å². The van der Waals surface area contributed by atoms with Crippen molar-refractivity contribution in [1.82, 2.24) is 15.5 Å². The first-order chi connectivity index (χ1) is 8.09. The quantitative estimate of drug-likeness (QED) is 0.618. The molecule has 0 saturated carbocycles. The molecule has 0 bridgehead atoms. The van der Waals surface area contributed by atoms with E-state index < -0.39 is 11.9 Å². The molecule has 1 fully saturated rings. The van der Waals surface area contributed by atoms with Crippen LogP contribution in [0.3, 0.4) is 0 Å². The summed E-state index contributed by atoms with van der Waals surface area (Å²) >= 11 is 0. The predicted molar refractivity (Wildman–Crippen MR) is 63.9 cm³/mol. The van der Waals surface area contributed by atoms with Gasteiger partial charge in [0.15, 0.2) is 0 Å². The zero-order chi connectivity index (χ0) is 12.7. The second-order valence-electron chi connectivity index (χ2n) is 4.42. The normalized spacial score (nSPS) is 17.7. The van der Waals surface area contributed by atoms with Gasteiger partial charge in [-0.25, -0.2) is 4.79 Å². The second kappa shape index (κ2) is 7.11. The molecule has 98 valence electrons. The van der Waals surface area contributed by atoms with Gasteiger partial charge in [-0.1, -0.05) is 6.92 Å². The van der Waals surface area contributed by atoms with Gasteiger partial charge in [-0.15, -0.1) is 0 Å². The Kier molecular flexibility index (Phi) is 5.76. The summed E-state index contributed by atoms with van der Waals surface area (Å²) in [4.78, 5) is 24.1. The Morgan fingerprint density at radius 3 is 2.53 bits per heavy atom. The average molecular weight is 243 g/mol. The number of rotatable bonds is 6. The van der Waals surface area contributed by atoms with Crippen LogP contribution in [-0.2, 0) is 4.79 Å². The van der Waals surface area contributed by atoms with Crippen molar-refractivity contribution in [3.8, 4) is 0 Å². The summed E-state index contributed by atoms with van der Waals surface area (Å²) in [6.07, 6.45) is 2.48. The predicted octanol–water partition coefficient (Wildman–Crippen LogP) is 0.102. The van der Waals surface area contributed by atoms with E-state index in [-0.39, 0.29) is 12.6 Å². The highest BCUT2D eigenvalue weighted by molar-refractivity contribution is 5.75. The molecule has 1 aliphatic rings. The van der Waals surface area contributed by atoms with E-state index in [4.69, 9.17) is 5.11 Å². The van der Waals surface area contributed by atoms with Gasteiger partial charge < -0.3 is 20.6 Å². The fraction of sp³-hybridized carbons (Fsp3) is 0.818. The molecule has 1 rings (SSSR count). The Morgan fingerprint density at radius 2 is 1.94 bits per heavy atom. The molecule has 6 nitrogen and oxygen atoms in total. The van der Waals surface area contributed by atoms with Crippen LogP contribution in [0, 0.1) is 5.92 Å². The van der Waals surface area contributed by atoms with E-state index in [1.807, 2.05) is 0 Å². The van der Waals surface area contributed by atoms with E-state index in [0.717, 1.165) is 19.6 Å². The van der Waals surface area contributed by atoms with Crippen molar-refractivity contribution in [2.75, 3.05) is 32.7 Å². The Balaban J connectivity index is 2.02. The molecule has 0 aromatic carbocycles. The number of amides is 2. The third kappa shape index (κ3) is 5.53. The maximum absolute atomic E-state index is 11.3. The molecule has 0 aromatic rings. The number of hydrogen-bond donors (Lipinski definition) is 3. The fourth-order valence-corrected chi connectivity index (χ4v) is 1.73. The number of carboxylic acid groups (broad SMARTS) is 1. The summed E-state index contributed by atoms with van der Waals surface area (Å²) in [5.41, 5.74) is 0. The smallest absolute Gasteiger partial charge is 0.314 e. The van der Waals surface area contributed by atoms with Gasteiger partial charge >= 0.3 is 12.0 Å². The van der Waals surface area contributed by atoms with Crippen molar-refractivity contribution >= 4 is 12.0 Å². The molecular weight excluding hydrogens is 222 g/mol. The van der Waals surface area contributed by atoms with Gasteiger partial charge in [0.2, 0.25) is 0 Å². The fourth-order valence-electron chi connectivity index (χ4n) is 1.73. The molecule has 1 heterocycles. The number of carbonyl (C=O) groups excluding carboxylic acids is 1. The minimum absolute atomic E-state index is 0.158. The molecule has 0 radical (unpaired) electrons. The monoisotopic (exact) mass is 243 g/mol. The molecule has 2 amide bonds. The first kappa shape index (κ1) is 13.8. The van der Waals surface area contributed by atoms with Crippen LogP contribution < -0.4 is 10.6 Å². The third-order valence-electron chi connectivity index (χ3n) is 2.90. The molecule has 0 aromatic heterocycles. The van der Waals surface area contributed by atoms with Crippen LogP contribution in [0.1, 0.15) is 19.8 Å². The van der Waals surface area contributed by atoms with Crippen LogP contribution in [0.5, 0.6) is 0 Å². The summed E-state index contributed by atoms with van der Waals surface area (Å²) < 4.78 is 0. The number of nitrogens with one attached hydrogen (secondary N) is 2. The van der Waals surface area contributed by atoms with Crippen LogP contribution in [-0.4, -0.2) is 54.7 Å². The number of carboxylic acids is 1. The topological polar surface area (TPSA) is 81.7 Å². The van der Waals surface area contributed by atoms with Crippen LogP contribution in [0.15, 0.2) is 0 Å². The number of hydrogen-bond acceptors (Lipinski definition) is 3. The van der Waals surface area contributed by atoms with Gasteiger partial charge in [-0.05, 0) is 25.9 Å². The maximum atomic E-state index is 11.3. The van der Waals surface area contributed by atoms with Gasteiger partial charge in [-0.3, -0.25) is 4.79 Å². The molecule has 1 aliphatic heterocycles. The Bertz CT molecular complexity index is 265. The summed E-state index contributed by atoms with van der Waals surface area (Å²) in [5.74, 6) is -1.46. The standard InChI is InChI=1S/C11H21N3O3/c1-9(10(15)16)8-13-11(17)12-4-7-14-5-2-3-6-14/h9H,2-8H2,1H3,(H,15,16)(H2,12,13,17). The number of likely N-dealkylation sites (tertiary alicyclic amines) is 1. The third-order valence-corrected chi connectivity index (χ3v) is 2.90. The molecule has 1 atom stereocenters. The molecule has 3 N–H and O–H groups in total. The van der Waals surface area contributed by atoms with Crippen molar-refractivity contribution in [3.05, 3.63) is 0 Å². The highest BCUT2D eigenvalue weighted by atomic mass is 16.4. The maximum Gasteiger partial charge on any atom is 0.314 e. The van der Waals surface area contributed by atoms with Crippen LogP contribution in [0.4, 0.5) is 4.79 Å². The lowest BCUT2D eigenvalue weighted by Crippen LogP contribution is -2.42. The molecule has 17 heavy (non-hydrogen) atoms. The molecule has 0 spiro atoms. The van der Waals surface area contributed by atoms with Crippen molar-refractivity contribution in [2.24, 2.45) is 5.92 Å². The lowest BCUT2D eigenvalue weighted by Gasteiger charge is -2.15. The molecule has 1 saturated heterocycles. The number of nitrogens with zero attached hydrogens (tertiary/aromatic N) is 1. The first-order valence-electron chi connectivity index (χ1n) is 6.06. The van der Waals surface area contributed by atoms with E-state index >= 15 is 0 Å². The van der Waals surface area contributed by atoms with E-state index in [1.54, 1.807) is 6.92 Å². The van der Waals surface area contributed by atoms with Crippen LogP contribution >= 0.6 is 0 Å². The average Bonchev–Trinajstić information content (AvgIpc) is 2.78. The van der Waals surface area contributed by atoms with E-state index in [2.05, 4.69) is 15.5 Å². The first-order valence-corrected chi connectivity index (χ1v) is 6.06. The minimum Gasteiger partial charge on any atom is -0.481 e. The summed E-state index contributed by atoms with van der Waals surface area (Å²) in [6, 6.07) is -0.294. The Morgan fingerprint density at radius 1 is 1.29 bits per heavy atom. The zero-order valence-electron chi connectivity index (χ0n) is 10.2. The zero-order valence-corrected chi connectivity index (χ0v) is 10.2. The highest BCUT2D eigenvalue weighted by Gasteiger charge is 2.13. The number of urea groups is 1. The van der Waals surface area contributed by atoms with E-state index in [9.17, 15) is 9.59 Å². The second-order valence-corrected chi connectivity index (χ2v) is 4.42. The SMILES string of the molecule is CC(CNC(=O)NCCN1CCCC1)C(=O)O. The van der Waals surface area contributed by atoms with Crippen molar-refractivity contribution in [2.45, 2.75) is 19.8 Å². The number of aliphatic carboxylic acids is 1. The largest absolute Gasteiger partial charge is 0.481 e. The Hall–Kier alpha value is -1.30. The molecule has 6 heteroatoms. The highest BCUT2D eigenvalue weighted by Crippen LogP contribution is 2.05. The van der Waals surface area contributed by atoms with Crippen molar-refractivity contribution in [1.29, 1.82) is 0 Å².